The number of nitrogens with two attached hydrogens (primary N) is 1. The standard InChI is InChI=1S/C10H12N2O4S/c11-9(15)6-4-7(17-5-6)10(16)12-3-1-2-8(13)14/h4-5H,1-3H2,(H2,11,15)(H,12,16)(H,13,14). The van der Waals surface area contributed by atoms with Gasteiger partial charge in [-0.15, -0.1) is 11.3 Å². The van der Waals surface area contributed by atoms with E-state index in [0.717, 1.165) is 11.3 Å². The Balaban J connectivity index is 2.41. The Morgan fingerprint density at radius 2 is 2.12 bits per heavy atom. The number of hydrogen-bond acceptors (Lipinski definition) is 4. The third-order valence-corrected chi connectivity index (χ3v) is 2.89. The van der Waals surface area contributed by atoms with Crippen molar-refractivity contribution < 1.29 is 19.5 Å². The quantitative estimate of drug-likeness (QED) is 0.641. The predicted molar refractivity (Wildman–Crippen MR) is 62.0 cm³/mol. The van der Waals surface area contributed by atoms with E-state index in [4.69, 9.17) is 10.8 Å². The van der Waals surface area contributed by atoms with Crippen molar-refractivity contribution in [3.05, 3.63) is 21.9 Å². The summed E-state index contributed by atoms with van der Waals surface area (Å²) in [5, 5.41) is 12.5. The van der Waals surface area contributed by atoms with Crippen molar-refractivity contribution in [3.8, 4) is 0 Å². The molecule has 0 aromatic carbocycles. The van der Waals surface area contributed by atoms with Crippen molar-refractivity contribution in [1.29, 1.82) is 0 Å². The lowest BCUT2D eigenvalue weighted by Crippen LogP contribution is -2.24. The van der Waals surface area contributed by atoms with Gasteiger partial charge in [-0.2, -0.15) is 0 Å². The first-order chi connectivity index (χ1) is 8.00. The monoisotopic (exact) mass is 256 g/mol. The molecule has 1 aromatic rings. The molecule has 0 unspecified atom stereocenters. The van der Waals surface area contributed by atoms with E-state index in [1.54, 1.807) is 0 Å². The van der Waals surface area contributed by atoms with Crippen LogP contribution >= 0.6 is 11.3 Å². The predicted octanol–water partition coefficient (Wildman–Crippen LogP) is 0.442. The van der Waals surface area contributed by atoms with Gasteiger partial charge in [0.15, 0.2) is 0 Å². The van der Waals surface area contributed by atoms with Crippen LogP contribution in [0.15, 0.2) is 11.4 Å². The first-order valence-corrected chi connectivity index (χ1v) is 5.77. The third-order valence-electron chi connectivity index (χ3n) is 1.96. The molecule has 7 heteroatoms. The van der Waals surface area contributed by atoms with Crippen molar-refractivity contribution in [1.82, 2.24) is 5.32 Å². The Bertz CT molecular complexity index is 441. The molecule has 1 rings (SSSR count). The van der Waals surface area contributed by atoms with Gasteiger partial charge in [0, 0.05) is 18.3 Å². The molecule has 0 bridgehead atoms. The van der Waals surface area contributed by atoms with Gasteiger partial charge in [-0.3, -0.25) is 14.4 Å². The number of aliphatic carboxylic acids is 1. The second-order valence-electron chi connectivity index (χ2n) is 3.32. The molecule has 1 heterocycles. The first kappa shape index (κ1) is 13.2. The number of hydrogen-bond donors (Lipinski definition) is 3. The molecular formula is C10H12N2O4S. The van der Waals surface area contributed by atoms with E-state index >= 15 is 0 Å². The number of carboxylic acids is 1. The van der Waals surface area contributed by atoms with Crippen molar-refractivity contribution in [3.63, 3.8) is 0 Å². The first-order valence-electron chi connectivity index (χ1n) is 4.89. The highest BCUT2D eigenvalue weighted by atomic mass is 32.1. The molecular weight excluding hydrogens is 244 g/mol. The minimum Gasteiger partial charge on any atom is -0.481 e. The highest BCUT2D eigenvalue weighted by molar-refractivity contribution is 7.12. The lowest BCUT2D eigenvalue weighted by Gasteiger charge is -2.01. The van der Waals surface area contributed by atoms with E-state index in [-0.39, 0.29) is 18.9 Å². The summed E-state index contributed by atoms with van der Waals surface area (Å²) in [6.07, 6.45) is 0.381. The van der Waals surface area contributed by atoms with Gasteiger partial charge in [0.2, 0.25) is 5.91 Å². The summed E-state index contributed by atoms with van der Waals surface area (Å²) in [7, 11) is 0. The lowest BCUT2D eigenvalue weighted by atomic mass is 10.3. The van der Waals surface area contributed by atoms with Crippen LogP contribution in [0.3, 0.4) is 0 Å². The molecule has 1 aromatic heterocycles. The van der Waals surface area contributed by atoms with Gasteiger partial charge in [0.1, 0.15) is 0 Å². The number of rotatable bonds is 6. The van der Waals surface area contributed by atoms with Crippen molar-refractivity contribution in [2.75, 3.05) is 6.54 Å². The fourth-order valence-electron chi connectivity index (χ4n) is 1.11. The van der Waals surface area contributed by atoms with Crippen LogP contribution in [0.4, 0.5) is 0 Å². The molecule has 4 N–H and O–H groups in total. The van der Waals surface area contributed by atoms with Crippen LogP contribution in [0, 0.1) is 0 Å². The molecule has 0 spiro atoms. The molecule has 0 aliphatic heterocycles. The molecule has 0 fully saturated rings. The molecule has 0 saturated carbocycles. The Morgan fingerprint density at radius 1 is 1.41 bits per heavy atom. The summed E-state index contributed by atoms with van der Waals surface area (Å²) in [6, 6.07) is 1.42. The number of carbonyl (C=O) groups excluding carboxylic acids is 2. The highest BCUT2D eigenvalue weighted by Gasteiger charge is 2.11. The number of carboxylic acid groups (broad SMARTS) is 1. The van der Waals surface area contributed by atoms with Crippen LogP contribution in [0.25, 0.3) is 0 Å². The lowest BCUT2D eigenvalue weighted by molar-refractivity contribution is -0.137. The SMILES string of the molecule is NC(=O)c1csc(C(=O)NCCCC(=O)O)c1. The summed E-state index contributed by atoms with van der Waals surface area (Å²) in [5.74, 6) is -1.80. The van der Waals surface area contributed by atoms with Gasteiger partial charge in [-0.25, -0.2) is 0 Å². The molecule has 2 amide bonds. The zero-order chi connectivity index (χ0) is 12.8. The topological polar surface area (TPSA) is 109 Å². The molecule has 92 valence electrons. The van der Waals surface area contributed by atoms with E-state index in [1.165, 1.54) is 11.4 Å². The molecule has 6 nitrogen and oxygen atoms in total. The Kier molecular flexibility index (Phi) is 4.65. The fraction of sp³-hybridized carbons (Fsp3) is 0.300. The maximum Gasteiger partial charge on any atom is 0.303 e. The molecule has 0 aliphatic carbocycles. The van der Waals surface area contributed by atoms with Gasteiger partial charge in [-0.05, 0) is 12.5 Å². The number of carbonyl (C=O) groups is 3. The van der Waals surface area contributed by atoms with Crippen LogP contribution in [-0.4, -0.2) is 29.4 Å². The third kappa shape index (κ3) is 4.23. The second kappa shape index (κ2) is 6.00. The van der Waals surface area contributed by atoms with Crippen LogP contribution in [0.5, 0.6) is 0 Å². The minimum absolute atomic E-state index is 0.0112. The van der Waals surface area contributed by atoms with Gasteiger partial charge in [0.05, 0.1) is 10.4 Å². The van der Waals surface area contributed by atoms with Crippen molar-refractivity contribution >= 4 is 29.1 Å². The largest absolute Gasteiger partial charge is 0.481 e. The van der Waals surface area contributed by atoms with Gasteiger partial charge < -0.3 is 16.2 Å². The zero-order valence-corrected chi connectivity index (χ0v) is 9.75. The summed E-state index contributed by atoms with van der Waals surface area (Å²) in [4.78, 5) is 32.9. The summed E-state index contributed by atoms with van der Waals surface area (Å²) >= 11 is 1.12. The highest BCUT2D eigenvalue weighted by Crippen LogP contribution is 2.13. The van der Waals surface area contributed by atoms with E-state index in [1.807, 2.05) is 0 Å². The van der Waals surface area contributed by atoms with Crippen molar-refractivity contribution in [2.24, 2.45) is 5.73 Å². The molecule has 0 aliphatic rings. The molecule has 17 heavy (non-hydrogen) atoms. The normalized spacial score (nSPS) is 9.88. The summed E-state index contributed by atoms with van der Waals surface area (Å²) in [5.41, 5.74) is 5.35. The fourth-order valence-corrected chi connectivity index (χ4v) is 1.93. The van der Waals surface area contributed by atoms with Gasteiger partial charge in [0.25, 0.3) is 5.91 Å². The number of primary amides is 1. The molecule has 0 radical (unpaired) electrons. The molecule has 0 atom stereocenters. The Hall–Kier alpha value is -1.89. The van der Waals surface area contributed by atoms with E-state index in [0.29, 0.717) is 16.9 Å². The van der Waals surface area contributed by atoms with Crippen LogP contribution < -0.4 is 11.1 Å². The van der Waals surface area contributed by atoms with Gasteiger partial charge >= 0.3 is 5.97 Å². The van der Waals surface area contributed by atoms with Gasteiger partial charge in [-0.1, -0.05) is 0 Å². The Morgan fingerprint density at radius 3 is 2.65 bits per heavy atom. The average Bonchev–Trinajstić information content (AvgIpc) is 2.73. The maximum absolute atomic E-state index is 11.5. The smallest absolute Gasteiger partial charge is 0.303 e. The van der Waals surface area contributed by atoms with Crippen molar-refractivity contribution in [2.45, 2.75) is 12.8 Å². The van der Waals surface area contributed by atoms with Crippen LogP contribution in [0.1, 0.15) is 32.9 Å². The van der Waals surface area contributed by atoms with E-state index < -0.39 is 11.9 Å². The van der Waals surface area contributed by atoms with E-state index in [2.05, 4.69) is 5.32 Å². The minimum atomic E-state index is -0.897. The zero-order valence-electron chi connectivity index (χ0n) is 8.93. The molecule has 0 saturated heterocycles. The maximum atomic E-state index is 11.5. The van der Waals surface area contributed by atoms with E-state index in [9.17, 15) is 14.4 Å². The second-order valence-corrected chi connectivity index (χ2v) is 4.23. The van der Waals surface area contributed by atoms with Crippen LogP contribution in [-0.2, 0) is 4.79 Å². The Labute approximate surface area is 101 Å². The summed E-state index contributed by atoms with van der Waals surface area (Å²) in [6.45, 7) is 0.287. The van der Waals surface area contributed by atoms with Crippen LogP contribution in [0.2, 0.25) is 0 Å². The number of nitrogens with one attached hydrogen (secondary N) is 1. The average molecular weight is 256 g/mol. The number of amides is 2. The summed E-state index contributed by atoms with van der Waals surface area (Å²) < 4.78 is 0. The number of thiophene rings is 1.